The maximum absolute atomic E-state index is 14.2. The summed E-state index contributed by atoms with van der Waals surface area (Å²) in [5.74, 6) is -0.843. The quantitative estimate of drug-likeness (QED) is 0.444. The topological polar surface area (TPSA) is 111 Å². The molecule has 0 radical (unpaired) electrons. The molecule has 1 aliphatic heterocycles. The van der Waals surface area contributed by atoms with Gasteiger partial charge >= 0.3 is 0 Å². The van der Waals surface area contributed by atoms with Crippen LogP contribution in [-0.4, -0.2) is 32.2 Å². The van der Waals surface area contributed by atoms with E-state index in [0.717, 1.165) is 35.9 Å². The van der Waals surface area contributed by atoms with Crippen molar-refractivity contribution in [3.05, 3.63) is 76.6 Å². The molecule has 3 heterocycles. The number of amides is 1. The van der Waals surface area contributed by atoms with Crippen LogP contribution >= 0.6 is 0 Å². The molecule has 0 atom stereocenters. The van der Waals surface area contributed by atoms with Gasteiger partial charge in [0.05, 0.1) is 23.0 Å². The molecule has 2 aromatic heterocycles. The molecule has 2 aromatic carbocycles. The zero-order chi connectivity index (χ0) is 22.2. The molecule has 1 aliphatic rings. The van der Waals surface area contributed by atoms with Crippen molar-refractivity contribution in [1.29, 1.82) is 0 Å². The molecule has 0 spiro atoms. The minimum atomic E-state index is -0.748. The second kappa shape index (κ2) is 7.97. The molecule has 4 aromatic rings. The second-order valence-electron chi connectivity index (χ2n) is 7.51. The van der Waals surface area contributed by atoms with Gasteiger partial charge in [0, 0.05) is 30.1 Å². The van der Waals surface area contributed by atoms with Gasteiger partial charge in [0.25, 0.3) is 5.95 Å². The summed E-state index contributed by atoms with van der Waals surface area (Å²) >= 11 is 0. The molecule has 0 aliphatic carbocycles. The Balaban J connectivity index is 1.59. The van der Waals surface area contributed by atoms with E-state index >= 15 is 0 Å². The van der Waals surface area contributed by atoms with Gasteiger partial charge in [-0.1, -0.05) is 12.1 Å². The fraction of sp³-hybridized carbons (Fsp3) is 0.182. The van der Waals surface area contributed by atoms with Gasteiger partial charge in [-0.05, 0) is 36.7 Å². The van der Waals surface area contributed by atoms with Crippen molar-refractivity contribution >= 4 is 22.6 Å². The maximum Gasteiger partial charge on any atom is 0.253 e. The van der Waals surface area contributed by atoms with Gasteiger partial charge in [-0.2, -0.15) is 14.8 Å². The fourth-order valence-corrected chi connectivity index (χ4v) is 3.88. The Morgan fingerprint density at radius 2 is 2.06 bits per heavy atom. The van der Waals surface area contributed by atoms with Gasteiger partial charge in [0.1, 0.15) is 17.5 Å². The number of primary amides is 1. The predicted molar refractivity (Wildman–Crippen MR) is 114 cm³/mol. The first kappa shape index (κ1) is 20.0. The fourth-order valence-electron chi connectivity index (χ4n) is 3.88. The van der Waals surface area contributed by atoms with E-state index in [1.807, 2.05) is 6.07 Å². The lowest BCUT2D eigenvalue weighted by Gasteiger charge is -2.21. The summed E-state index contributed by atoms with van der Waals surface area (Å²) in [6.07, 6.45) is 2.16. The number of halogens is 2. The Morgan fingerprint density at radius 1 is 1.19 bits per heavy atom. The molecule has 1 amide bonds. The Labute approximate surface area is 181 Å². The number of carbonyl (C=O) groups is 1. The Kier molecular flexibility index (Phi) is 4.98. The first-order chi connectivity index (χ1) is 15.5. The van der Waals surface area contributed by atoms with Gasteiger partial charge < -0.3 is 16.4 Å². The van der Waals surface area contributed by atoms with E-state index in [1.54, 1.807) is 6.07 Å². The Hall–Kier alpha value is -3.92. The molecule has 0 unspecified atom stereocenters. The van der Waals surface area contributed by atoms with E-state index < -0.39 is 11.7 Å². The summed E-state index contributed by atoms with van der Waals surface area (Å²) in [4.78, 5) is 21.0. The summed E-state index contributed by atoms with van der Waals surface area (Å²) in [7, 11) is 0. The first-order valence-electron chi connectivity index (χ1n) is 10.1. The van der Waals surface area contributed by atoms with Crippen molar-refractivity contribution in [3.63, 3.8) is 0 Å². The average molecular weight is 435 g/mol. The lowest BCUT2D eigenvalue weighted by atomic mass is 10.1. The average Bonchev–Trinajstić information content (AvgIpc) is 3.20. The number of fused-ring (bicyclic) bond motifs is 2. The number of nitrogens with zero attached hydrogens (tertiary/aromatic N) is 4. The molecule has 162 valence electrons. The highest BCUT2D eigenvalue weighted by molar-refractivity contribution is 6.05. The highest BCUT2D eigenvalue weighted by Crippen LogP contribution is 2.26. The smallest absolute Gasteiger partial charge is 0.253 e. The zero-order valence-corrected chi connectivity index (χ0v) is 16.9. The van der Waals surface area contributed by atoms with Gasteiger partial charge in [-0.25, -0.2) is 13.8 Å². The second-order valence-corrected chi connectivity index (χ2v) is 7.51. The monoisotopic (exact) mass is 435 g/mol. The first-order valence-corrected chi connectivity index (χ1v) is 10.1. The zero-order valence-electron chi connectivity index (χ0n) is 16.9. The highest BCUT2D eigenvalue weighted by Gasteiger charge is 2.21. The number of hydrogen-bond donors (Lipinski definition) is 3. The molecule has 10 heteroatoms. The molecular formula is C22H19F2N7O. The molecule has 0 fully saturated rings. The van der Waals surface area contributed by atoms with Crippen LogP contribution in [0, 0.1) is 11.6 Å². The number of nitrogens with one attached hydrogen (secondary N) is 2. The molecule has 0 saturated carbocycles. The number of nitrogens with two attached hydrogens (primary N) is 1. The number of rotatable bonds is 5. The summed E-state index contributed by atoms with van der Waals surface area (Å²) in [6, 6.07) is 8.66. The van der Waals surface area contributed by atoms with E-state index in [4.69, 9.17) is 5.73 Å². The third-order valence-electron chi connectivity index (χ3n) is 5.38. The van der Waals surface area contributed by atoms with E-state index in [-0.39, 0.29) is 17.3 Å². The summed E-state index contributed by atoms with van der Waals surface area (Å²) < 4.78 is 29.1. The third-order valence-corrected chi connectivity index (χ3v) is 5.38. The van der Waals surface area contributed by atoms with Crippen molar-refractivity contribution in [1.82, 2.24) is 25.1 Å². The van der Waals surface area contributed by atoms with Gasteiger partial charge in [0.2, 0.25) is 5.91 Å². The summed E-state index contributed by atoms with van der Waals surface area (Å²) in [5.41, 5.74) is 8.29. The molecule has 32 heavy (non-hydrogen) atoms. The number of aromatic nitrogens is 4. The molecule has 8 nitrogen and oxygen atoms in total. The molecule has 0 saturated heterocycles. The number of anilines is 1. The molecular weight excluding hydrogens is 416 g/mol. The van der Waals surface area contributed by atoms with Gasteiger partial charge in [-0.3, -0.25) is 4.79 Å². The number of hydrogen-bond acceptors (Lipinski definition) is 6. The number of benzene rings is 2. The summed E-state index contributed by atoms with van der Waals surface area (Å²) in [5, 5.41) is 11.2. The van der Waals surface area contributed by atoms with Crippen molar-refractivity contribution in [2.75, 3.05) is 11.9 Å². The largest absolute Gasteiger partial charge is 0.366 e. The van der Waals surface area contributed by atoms with Gasteiger partial charge in [-0.15, -0.1) is 0 Å². The van der Waals surface area contributed by atoms with Crippen LogP contribution in [0.4, 0.5) is 14.6 Å². The van der Waals surface area contributed by atoms with E-state index in [2.05, 4.69) is 25.7 Å². The van der Waals surface area contributed by atoms with Crippen LogP contribution in [0.15, 0.2) is 42.6 Å². The van der Waals surface area contributed by atoms with Crippen LogP contribution < -0.4 is 16.4 Å². The Bertz CT molecular complexity index is 1350. The normalized spacial score (nSPS) is 13.2. The number of carbonyl (C=O) groups excluding carboxylic acids is 1. The van der Waals surface area contributed by atoms with Crippen LogP contribution in [0.5, 0.6) is 0 Å². The molecule has 4 N–H and O–H groups in total. The van der Waals surface area contributed by atoms with Crippen molar-refractivity contribution in [2.45, 2.75) is 19.5 Å². The summed E-state index contributed by atoms with van der Waals surface area (Å²) in [6.45, 7) is 1.69. The molecule has 5 rings (SSSR count). The van der Waals surface area contributed by atoms with Crippen LogP contribution in [0.3, 0.4) is 0 Å². The van der Waals surface area contributed by atoms with Crippen LogP contribution in [0.25, 0.3) is 16.9 Å². The molecule has 0 bridgehead atoms. The van der Waals surface area contributed by atoms with Crippen molar-refractivity contribution in [3.8, 4) is 5.95 Å². The Morgan fingerprint density at radius 3 is 2.88 bits per heavy atom. The predicted octanol–water partition coefficient (Wildman–Crippen LogP) is 2.45. The maximum atomic E-state index is 14.2. The van der Waals surface area contributed by atoms with Crippen molar-refractivity contribution in [2.24, 2.45) is 5.73 Å². The minimum Gasteiger partial charge on any atom is -0.366 e. The third kappa shape index (κ3) is 3.65. The standard InChI is InChI=1S/C22H19F2N7O/c23-13-3-1-2-12(6-13)9-27-21-15-4-5-26-11-18(15)29-22(30-21)31-19-8-14(24)7-16(20(25)32)17(19)10-28-31/h1-3,6-8,10,26H,4-5,9,11H2,(H2,25,32)(H,27,29,30). The minimum absolute atomic E-state index is 0.0373. The van der Waals surface area contributed by atoms with Crippen LogP contribution in [0.2, 0.25) is 0 Å². The van der Waals surface area contributed by atoms with Crippen LogP contribution in [-0.2, 0) is 19.5 Å². The van der Waals surface area contributed by atoms with E-state index in [1.165, 1.54) is 29.1 Å². The van der Waals surface area contributed by atoms with Crippen LogP contribution in [0.1, 0.15) is 27.2 Å². The van der Waals surface area contributed by atoms with E-state index in [9.17, 15) is 13.6 Å². The lowest BCUT2D eigenvalue weighted by molar-refractivity contribution is 0.100. The highest BCUT2D eigenvalue weighted by atomic mass is 19.1. The van der Waals surface area contributed by atoms with Gasteiger partial charge in [0.15, 0.2) is 0 Å². The van der Waals surface area contributed by atoms with E-state index in [0.29, 0.717) is 29.8 Å². The van der Waals surface area contributed by atoms with Crippen molar-refractivity contribution < 1.29 is 13.6 Å². The lowest BCUT2D eigenvalue weighted by Crippen LogP contribution is -2.27. The SMILES string of the molecule is NC(=O)c1cc(F)cc2c1cnn2-c1nc2c(c(NCc3cccc(F)c3)n1)CCNC2.